The molecule has 6 nitrogen and oxygen atoms in total. The smallest absolute Gasteiger partial charge is 0.290 e. The molecule has 0 spiro atoms. The van der Waals surface area contributed by atoms with Crippen LogP contribution < -0.4 is 5.43 Å². The van der Waals surface area contributed by atoms with Crippen LogP contribution >= 0.6 is 15.9 Å². The van der Waals surface area contributed by atoms with E-state index in [1.54, 1.807) is 41.3 Å². The van der Waals surface area contributed by atoms with Crippen molar-refractivity contribution in [3.05, 3.63) is 79.9 Å². The van der Waals surface area contributed by atoms with E-state index in [1.165, 1.54) is 6.07 Å². The van der Waals surface area contributed by atoms with Gasteiger partial charge < -0.3 is 14.1 Å². The number of hydrogen-bond donors (Lipinski definition) is 0. The Morgan fingerprint density at radius 2 is 1.84 bits per heavy atom. The maximum atomic E-state index is 14.9. The highest BCUT2D eigenvalue weighted by Crippen LogP contribution is 2.39. The number of rotatable bonds is 5. The minimum Gasteiger partial charge on any atom is -0.450 e. The fourth-order valence-electron chi connectivity index (χ4n) is 4.53. The Bertz CT molecular complexity index is 1240. The standard InChI is InChI=1S/C24H22BrFN2O4/c25-15-6-7-19-17(14-15)22(29)20-21(16-4-1-2-5-18(16)26)28(24(30)23(20)32-19)9-3-8-27-10-12-31-13-11-27/h1-2,4-7,14,21H,3,8-13H2/t21-/m1/s1. The van der Waals surface area contributed by atoms with Gasteiger partial charge in [0.05, 0.1) is 30.2 Å². The number of ether oxygens (including phenoxy) is 1. The minimum atomic E-state index is -0.817. The first-order chi connectivity index (χ1) is 15.5. The number of benzene rings is 2. The van der Waals surface area contributed by atoms with Crippen LogP contribution in [0.15, 0.2) is 56.1 Å². The van der Waals surface area contributed by atoms with E-state index < -0.39 is 11.9 Å². The monoisotopic (exact) mass is 500 g/mol. The summed E-state index contributed by atoms with van der Waals surface area (Å²) in [5, 5.41) is 0.363. The van der Waals surface area contributed by atoms with Gasteiger partial charge in [-0.3, -0.25) is 14.5 Å². The van der Waals surface area contributed by atoms with Gasteiger partial charge in [-0.1, -0.05) is 34.1 Å². The lowest BCUT2D eigenvalue weighted by molar-refractivity contribution is 0.0353. The number of fused-ring (bicyclic) bond motifs is 2. The van der Waals surface area contributed by atoms with Crippen LogP contribution in [-0.2, 0) is 4.74 Å². The van der Waals surface area contributed by atoms with Gasteiger partial charge in [0.15, 0.2) is 5.43 Å². The molecule has 1 atom stereocenters. The molecule has 166 valence electrons. The molecule has 1 saturated heterocycles. The molecule has 0 N–H and O–H groups in total. The summed E-state index contributed by atoms with van der Waals surface area (Å²) >= 11 is 3.38. The van der Waals surface area contributed by atoms with Gasteiger partial charge in [0.2, 0.25) is 5.76 Å². The normalized spacial score (nSPS) is 19.0. The molecule has 0 bridgehead atoms. The lowest BCUT2D eigenvalue weighted by Crippen LogP contribution is -2.39. The van der Waals surface area contributed by atoms with Gasteiger partial charge in [-0.2, -0.15) is 0 Å². The molecule has 1 aromatic heterocycles. The Morgan fingerprint density at radius 1 is 1.06 bits per heavy atom. The van der Waals surface area contributed by atoms with E-state index in [0.717, 1.165) is 24.1 Å². The Kier molecular flexibility index (Phi) is 5.84. The van der Waals surface area contributed by atoms with E-state index in [4.69, 9.17) is 9.15 Å². The van der Waals surface area contributed by atoms with Gasteiger partial charge in [0.1, 0.15) is 11.4 Å². The summed E-state index contributed by atoms with van der Waals surface area (Å²) in [4.78, 5) is 30.7. The molecule has 2 aliphatic rings. The highest BCUT2D eigenvalue weighted by Gasteiger charge is 2.43. The van der Waals surface area contributed by atoms with Crippen LogP contribution in [0.25, 0.3) is 11.0 Å². The summed E-state index contributed by atoms with van der Waals surface area (Å²) < 4.78 is 26.9. The summed E-state index contributed by atoms with van der Waals surface area (Å²) in [5.74, 6) is -0.827. The second-order valence-corrected chi connectivity index (χ2v) is 8.96. The van der Waals surface area contributed by atoms with E-state index in [2.05, 4.69) is 20.8 Å². The van der Waals surface area contributed by atoms with Crippen molar-refractivity contribution in [2.75, 3.05) is 39.4 Å². The number of hydrogen-bond acceptors (Lipinski definition) is 5. The molecular formula is C24H22BrFN2O4. The number of morpholine rings is 1. The molecular weight excluding hydrogens is 479 g/mol. The Hall–Kier alpha value is -2.55. The van der Waals surface area contributed by atoms with Crippen molar-refractivity contribution in [2.45, 2.75) is 12.5 Å². The van der Waals surface area contributed by atoms with Crippen LogP contribution in [0.4, 0.5) is 4.39 Å². The molecule has 0 aliphatic carbocycles. The molecule has 8 heteroatoms. The lowest BCUT2D eigenvalue weighted by Gasteiger charge is -2.29. The minimum absolute atomic E-state index is 0.00412. The molecule has 3 aromatic rings. The van der Waals surface area contributed by atoms with Crippen molar-refractivity contribution in [3.8, 4) is 0 Å². The second kappa shape index (κ2) is 8.77. The first kappa shape index (κ1) is 21.3. The van der Waals surface area contributed by atoms with Crippen LogP contribution in [0, 0.1) is 5.82 Å². The van der Waals surface area contributed by atoms with Crippen LogP contribution in [0.1, 0.15) is 34.1 Å². The SMILES string of the molecule is O=C1c2oc3ccc(Br)cc3c(=O)c2[C@@H](c2ccccc2F)N1CCCN1CCOCC1. The number of halogens is 2. The third-order valence-corrected chi connectivity index (χ3v) is 6.60. The topological polar surface area (TPSA) is 63.0 Å². The van der Waals surface area contributed by atoms with Crippen LogP contribution in [0.5, 0.6) is 0 Å². The predicted octanol–water partition coefficient (Wildman–Crippen LogP) is 3.96. The number of amides is 1. The van der Waals surface area contributed by atoms with Gasteiger partial charge >= 0.3 is 0 Å². The third-order valence-electron chi connectivity index (χ3n) is 6.10. The molecule has 0 saturated carbocycles. The fraction of sp³-hybridized carbons (Fsp3) is 0.333. The Labute approximate surface area is 192 Å². The molecule has 0 unspecified atom stereocenters. The molecule has 2 aromatic carbocycles. The fourth-order valence-corrected chi connectivity index (χ4v) is 4.89. The number of carbonyl (C=O) groups excluding carboxylic acids is 1. The highest BCUT2D eigenvalue weighted by atomic mass is 79.9. The maximum Gasteiger partial charge on any atom is 0.290 e. The van der Waals surface area contributed by atoms with E-state index in [-0.39, 0.29) is 22.7 Å². The van der Waals surface area contributed by atoms with Gasteiger partial charge in [-0.25, -0.2) is 4.39 Å². The van der Waals surface area contributed by atoms with Crippen molar-refractivity contribution >= 4 is 32.8 Å². The van der Waals surface area contributed by atoms with Gasteiger partial charge in [0, 0.05) is 36.2 Å². The summed E-state index contributed by atoms with van der Waals surface area (Å²) in [7, 11) is 0. The zero-order chi connectivity index (χ0) is 22.2. The van der Waals surface area contributed by atoms with Crippen molar-refractivity contribution in [1.29, 1.82) is 0 Å². The molecule has 0 radical (unpaired) electrons. The summed E-state index contributed by atoms with van der Waals surface area (Å²) in [6.07, 6.45) is 0.698. The number of nitrogens with zero attached hydrogens (tertiary/aromatic N) is 2. The number of carbonyl (C=O) groups is 1. The maximum absolute atomic E-state index is 14.9. The van der Waals surface area contributed by atoms with E-state index in [9.17, 15) is 14.0 Å². The zero-order valence-corrected chi connectivity index (χ0v) is 18.9. The van der Waals surface area contributed by atoms with Crippen LogP contribution in [0.2, 0.25) is 0 Å². The molecule has 3 heterocycles. The van der Waals surface area contributed by atoms with E-state index in [1.807, 2.05) is 0 Å². The van der Waals surface area contributed by atoms with Crippen LogP contribution in [-0.4, -0.2) is 55.1 Å². The van der Waals surface area contributed by atoms with E-state index >= 15 is 0 Å². The lowest BCUT2D eigenvalue weighted by atomic mass is 9.98. The molecule has 5 rings (SSSR count). The van der Waals surface area contributed by atoms with Crippen molar-refractivity contribution in [2.24, 2.45) is 0 Å². The predicted molar refractivity (Wildman–Crippen MR) is 121 cm³/mol. The Balaban J connectivity index is 1.55. The van der Waals surface area contributed by atoms with Gasteiger partial charge in [-0.15, -0.1) is 0 Å². The molecule has 1 fully saturated rings. The van der Waals surface area contributed by atoms with Gasteiger partial charge in [0.25, 0.3) is 5.91 Å². The zero-order valence-electron chi connectivity index (χ0n) is 17.4. The van der Waals surface area contributed by atoms with Crippen molar-refractivity contribution in [3.63, 3.8) is 0 Å². The second-order valence-electron chi connectivity index (χ2n) is 8.04. The van der Waals surface area contributed by atoms with Crippen molar-refractivity contribution in [1.82, 2.24) is 9.80 Å². The van der Waals surface area contributed by atoms with Crippen LogP contribution in [0.3, 0.4) is 0 Å². The molecule has 2 aliphatic heterocycles. The highest BCUT2D eigenvalue weighted by molar-refractivity contribution is 9.10. The quantitative estimate of drug-likeness (QED) is 0.530. The Morgan fingerprint density at radius 3 is 2.62 bits per heavy atom. The average molecular weight is 501 g/mol. The first-order valence-electron chi connectivity index (χ1n) is 10.7. The first-order valence-corrected chi connectivity index (χ1v) is 11.5. The summed E-state index contributed by atoms with van der Waals surface area (Å²) in [6.45, 7) is 4.29. The molecule has 1 amide bonds. The summed E-state index contributed by atoms with van der Waals surface area (Å²) in [6, 6.07) is 10.6. The van der Waals surface area contributed by atoms with Gasteiger partial charge in [-0.05, 0) is 30.7 Å². The third kappa shape index (κ3) is 3.76. The molecule has 32 heavy (non-hydrogen) atoms. The van der Waals surface area contributed by atoms with E-state index in [0.29, 0.717) is 42.7 Å². The van der Waals surface area contributed by atoms with Crippen molar-refractivity contribution < 1.29 is 18.3 Å². The largest absolute Gasteiger partial charge is 0.450 e. The average Bonchev–Trinajstić information content (AvgIpc) is 3.07. The summed E-state index contributed by atoms with van der Waals surface area (Å²) in [5.41, 5.74) is 0.539.